The van der Waals surface area contributed by atoms with Gasteiger partial charge in [0.15, 0.2) is 20.0 Å². The first kappa shape index (κ1) is 18.9. The Morgan fingerprint density at radius 3 is 2.32 bits per heavy atom. The zero-order chi connectivity index (χ0) is 17.0. The van der Waals surface area contributed by atoms with Gasteiger partial charge in [0.25, 0.3) is 0 Å². The van der Waals surface area contributed by atoms with Gasteiger partial charge in [-0.1, -0.05) is 20.8 Å². The molecule has 0 amide bonds. The van der Waals surface area contributed by atoms with E-state index in [0.29, 0.717) is 0 Å². The molecule has 128 valence electrons. The molecule has 1 aliphatic heterocycles. The summed E-state index contributed by atoms with van der Waals surface area (Å²) in [5, 5.41) is 10.4. The predicted molar refractivity (Wildman–Crippen MR) is 80.9 cm³/mol. The number of hydrogen-bond donors (Lipinski definition) is 1. The van der Waals surface area contributed by atoms with E-state index in [9.17, 15) is 14.7 Å². The maximum Gasteiger partial charge on any atom is 0.508 e. The molecule has 1 fully saturated rings. The molecule has 1 heterocycles. The van der Waals surface area contributed by atoms with Gasteiger partial charge >= 0.3 is 12.1 Å². The van der Waals surface area contributed by atoms with Gasteiger partial charge in [-0.2, -0.15) is 0 Å². The summed E-state index contributed by atoms with van der Waals surface area (Å²) in [6.45, 7) is 7.31. The third kappa shape index (κ3) is 3.79. The van der Waals surface area contributed by atoms with Crippen molar-refractivity contribution in [3.05, 3.63) is 0 Å². The Kier molecular flexibility index (Phi) is 6.39. The normalized spacial score (nSPS) is 28.4. The third-order valence-electron chi connectivity index (χ3n) is 4.41. The highest BCUT2D eigenvalue weighted by Gasteiger charge is 2.56. The van der Waals surface area contributed by atoms with E-state index in [0.717, 1.165) is 18.1 Å². The smallest absolute Gasteiger partial charge is 0.454 e. The highest BCUT2D eigenvalue weighted by atomic mass is 28.4. The summed E-state index contributed by atoms with van der Waals surface area (Å²) in [6.07, 6.45) is -2.55. The number of rotatable bonds is 7. The summed E-state index contributed by atoms with van der Waals surface area (Å²) in [4.78, 5) is 23.0. The SMILES string of the molecule is CC[Si](CC)(CC)O[C@@H]1[C@@H](COC(=O)OC)OC(=O)[C@@]1(C)O. The van der Waals surface area contributed by atoms with Crippen LogP contribution in [0.15, 0.2) is 0 Å². The first-order chi connectivity index (χ1) is 10.3. The number of carbonyl (C=O) groups excluding carboxylic acids is 2. The molecule has 1 N–H and O–H groups in total. The van der Waals surface area contributed by atoms with Gasteiger partial charge in [-0.25, -0.2) is 9.59 Å². The molecule has 0 unspecified atom stereocenters. The average Bonchev–Trinajstić information content (AvgIpc) is 2.72. The predicted octanol–water partition coefficient (Wildman–Crippen LogP) is 1.84. The molecule has 0 aliphatic carbocycles. The molecule has 1 rings (SSSR count). The van der Waals surface area contributed by atoms with Crippen molar-refractivity contribution in [1.82, 2.24) is 0 Å². The van der Waals surface area contributed by atoms with Crippen LogP contribution in [-0.2, 0) is 23.4 Å². The van der Waals surface area contributed by atoms with Crippen LogP contribution in [0.4, 0.5) is 4.79 Å². The third-order valence-corrected chi connectivity index (χ3v) is 9.03. The minimum absolute atomic E-state index is 0.207. The van der Waals surface area contributed by atoms with E-state index in [2.05, 4.69) is 4.74 Å². The Bertz CT molecular complexity index is 398. The van der Waals surface area contributed by atoms with Crippen molar-refractivity contribution >= 4 is 20.4 Å². The maximum atomic E-state index is 11.9. The summed E-state index contributed by atoms with van der Waals surface area (Å²) in [7, 11) is -0.880. The van der Waals surface area contributed by atoms with Gasteiger partial charge in [-0.15, -0.1) is 0 Å². The molecule has 0 radical (unpaired) electrons. The van der Waals surface area contributed by atoms with Crippen molar-refractivity contribution in [3.8, 4) is 0 Å². The van der Waals surface area contributed by atoms with Crippen molar-refractivity contribution in [2.45, 2.75) is 63.6 Å². The summed E-state index contributed by atoms with van der Waals surface area (Å²) in [5.41, 5.74) is -1.75. The van der Waals surface area contributed by atoms with Crippen molar-refractivity contribution < 1.29 is 33.3 Å². The van der Waals surface area contributed by atoms with Crippen molar-refractivity contribution in [3.63, 3.8) is 0 Å². The number of hydrogen-bond acceptors (Lipinski definition) is 7. The Morgan fingerprint density at radius 2 is 1.86 bits per heavy atom. The number of methoxy groups -OCH3 is 1. The summed E-state index contributed by atoms with van der Waals surface area (Å²) in [6, 6.07) is 2.60. The topological polar surface area (TPSA) is 91.3 Å². The molecule has 0 aromatic heterocycles. The molecule has 1 aliphatic rings. The number of aliphatic hydroxyl groups is 1. The molecule has 7 nitrogen and oxygen atoms in total. The Balaban J connectivity index is 2.92. The molecule has 3 atom stereocenters. The van der Waals surface area contributed by atoms with E-state index in [1.165, 1.54) is 14.0 Å². The number of esters is 1. The first-order valence-electron chi connectivity index (χ1n) is 7.58. The molecule has 0 bridgehead atoms. The lowest BCUT2D eigenvalue weighted by atomic mass is 9.99. The van der Waals surface area contributed by atoms with Crippen LogP contribution >= 0.6 is 0 Å². The zero-order valence-electron chi connectivity index (χ0n) is 13.9. The molecule has 0 spiro atoms. The van der Waals surface area contributed by atoms with E-state index < -0.39 is 38.3 Å². The molecule has 22 heavy (non-hydrogen) atoms. The standard InChI is InChI=1S/C14H26O7Si/c1-6-22(7-2,8-3)21-11-10(9-19-13(16)18-5)20-12(15)14(11,4)17/h10-11,17H,6-9H2,1-5H3/t10-,11-,14+/m1/s1. The fourth-order valence-electron chi connectivity index (χ4n) is 2.59. The Labute approximate surface area is 132 Å². The van der Waals surface area contributed by atoms with Crippen molar-refractivity contribution in [2.75, 3.05) is 13.7 Å². The lowest BCUT2D eigenvalue weighted by molar-refractivity contribution is -0.155. The maximum absolute atomic E-state index is 11.9. The highest BCUT2D eigenvalue weighted by Crippen LogP contribution is 2.34. The van der Waals surface area contributed by atoms with Crippen LogP contribution < -0.4 is 0 Å². The van der Waals surface area contributed by atoms with Crippen molar-refractivity contribution in [1.29, 1.82) is 0 Å². The van der Waals surface area contributed by atoms with Gasteiger partial charge in [-0.3, -0.25) is 0 Å². The van der Waals surface area contributed by atoms with E-state index in [1.54, 1.807) is 0 Å². The van der Waals surface area contributed by atoms with Gasteiger partial charge in [0.05, 0.1) is 7.11 Å². The number of cyclic esters (lactones) is 1. The van der Waals surface area contributed by atoms with Crippen LogP contribution in [0.25, 0.3) is 0 Å². The summed E-state index contributed by atoms with van der Waals surface area (Å²) < 4.78 is 20.6. The highest BCUT2D eigenvalue weighted by molar-refractivity contribution is 6.73. The van der Waals surface area contributed by atoms with Gasteiger partial charge in [0.2, 0.25) is 0 Å². The molecular weight excluding hydrogens is 308 g/mol. The van der Waals surface area contributed by atoms with Gasteiger partial charge < -0.3 is 23.7 Å². The van der Waals surface area contributed by atoms with Crippen LogP contribution in [0.1, 0.15) is 27.7 Å². The molecule has 8 heteroatoms. The Morgan fingerprint density at radius 1 is 1.32 bits per heavy atom. The van der Waals surface area contributed by atoms with E-state index in [1.807, 2.05) is 20.8 Å². The van der Waals surface area contributed by atoms with Crippen LogP contribution in [0.5, 0.6) is 0 Å². The van der Waals surface area contributed by atoms with Crippen LogP contribution in [0, 0.1) is 0 Å². The second kappa shape index (κ2) is 7.43. The molecule has 0 aromatic rings. The second-order valence-electron chi connectivity index (χ2n) is 5.64. The quantitative estimate of drug-likeness (QED) is 0.561. The lowest BCUT2D eigenvalue weighted by Crippen LogP contribution is -2.53. The molecule has 0 saturated carbocycles. The zero-order valence-corrected chi connectivity index (χ0v) is 14.9. The average molecular weight is 334 g/mol. The fraction of sp³-hybridized carbons (Fsp3) is 0.857. The monoisotopic (exact) mass is 334 g/mol. The summed E-state index contributed by atoms with van der Waals surface area (Å²) >= 11 is 0. The van der Waals surface area contributed by atoms with Gasteiger partial charge in [0.1, 0.15) is 12.7 Å². The van der Waals surface area contributed by atoms with E-state index in [4.69, 9.17) is 13.9 Å². The lowest BCUT2D eigenvalue weighted by Gasteiger charge is -2.36. The summed E-state index contributed by atoms with van der Waals surface area (Å²) in [5.74, 6) is -0.762. The second-order valence-corrected chi connectivity index (χ2v) is 10.4. The van der Waals surface area contributed by atoms with E-state index >= 15 is 0 Å². The van der Waals surface area contributed by atoms with Crippen LogP contribution in [-0.4, -0.2) is 57.1 Å². The molecule has 0 aromatic carbocycles. The minimum Gasteiger partial charge on any atom is -0.454 e. The Hall–Kier alpha value is -1.12. The van der Waals surface area contributed by atoms with Gasteiger partial charge in [-0.05, 0) is 25.1 Å². The van der Waals surface area contributed by atoms with Gasteiger partial charge in [0, 0.05) is 0 Å². The minimum atomic E-state index is -2.07. The van der Waals surface area contributed by atoms with Crippen molar-refractivity contribution in [2.24, 2.45) is 0 Å². The first-order valence-corrected chi connectivity index (χ1v) is 10.1. The largest absolute Gasteiger partial charge is 0.508 e. The molecule has 1 saturated heterocycles. The number of ether oxygens (including phenoxy) is 3. The van der Waals surface area contributed by atoms with Crippen LogP contribution in [0.3, 0.4) is 0 Å². The fourth-order valence-corrected chi connectivity index (χ4v) is 5.51. The number of carbonyl (C=O) groups is 2. The molecular formula is C14H26O7Si. The van der Waals surface area contributed by atoms with E-state index in [-0.39, 0.29) is 6.61 Å². The van der Waals surface area contributed by atoms with Crippen LogP contribution in [0.2, 0.25) is 18.1 Å².